The Morgan fingerprint density at radius 3 is 2.44 bits per heavy atom. The highest BCUT2D eigenvalue weighted by Gasteiger charge is 2.25. The van der Waals surface area contributed by atoms with Crippen LogP contribution < -0.4 is 10.6 Å². The van der Waals surface area contributed by atoms with Crippen molar-refractivity contribution in [3.8, 4) is 0 Å². The van der Waals surface area contributed by atoms with Crippen molar-refractivity contribution in [2.24, 2.45) is 4.99 Å². The normalized spacial score (nSPS) is 19.6. The molecule has 2 aliphatic rings. The molecule has 138 valence electrons. The Hall–Kier alpha value is -1.60. The van der Waals surface area contributed by atoms with Gasteiger partial charge in [0.15, 0.2) is 5.96 Å². The first-order valence-electron chi connectivity index (χ1n) is 9.23. The van der Waals surface area contributed by atoms with Crippen LogP contribution in [0.15, 0.2) is 34.2 Å². The van der Waals surface area contributed by atoms with Gasteiger partial charge in [-0.05, 0) is 50.3 Å². The number of nitrogens with one attached hydrogen (secondary N) is 2. The fraction of sp³-hybridized carbons (Fsp3) is 0.611. The zero-order chi connectivity index (χ0) is 17.7. The van der Waals surface area contributed by atoms with Crippen LogP contribution in [0.3, 0.4) is 0 Å². The van der Waals surface area contributed by atoms with Gasteiger partial charge in [0, 0.05) is 25.7 Å². The number of rotatable bonds is 6. The molecule has 6 nitrogen and oxygen atoms in total. The van der Waals surface area contributed by atoms with E-state index in [0.717, 1.165) is 37.3 Å². The molecular weight excluding hydrogens is 336 g/mol. The molecule has 0 aromatic heterocycles. The van der Waals surface area contributed by atoms with Gasteiger partial charge >= 0.3 is 0 Å². The smallest absolute Gasteiger partial charge is 0.243 e. The van der Waals surface area contributed by atoms with Crippen LogP contribution in [0.25, 0.3) is 0 Å². The molecule has 3 rings (SSSR count). The summed E-state index contributed by atoms with van der Waals surface area (Å²) in [7, 11) is -3.35. The number of sulfonamides is 1. The van der Waals surface area contributed by atoms with E-state index in [2.05, 4.69) is 15.6 Å². The van der Waals surface area contributed by atoms with Gasteiger partial charge in [-0.25, -0.2) is 13.4 Å². The molecule has 1 saturated heterocycles. The van der Waals surface area contributed by atoms with Crippen molar-refractivity contribution in [3.63, 3.8) is 0 Å². The lowest BCUT2D eigenvalue weighted by atomic mass is 10.2. The first kappa shape index (κ1) is 18.2. The van der Waals surface area contributed by atoms with Crippen molar-refractivity contribution < 1.29 is 8.42 Å². The van der Waals surface area contributed by atoms with Crippen LogP contribution in [0.2, 0.25) is 0 Å². The summed E-state index contributed by atoms with van der Waals surface area (Å²) in [5.41, 5.74) is 1.01. The number of nitrogens with zero attached hydrogens (tertiary/aromatic N) is 2. The van der Waals surface area contributed by atoms with E-state index in [9.17, 15) is 8.42 Å². The van der Waals surface area contributed by atoms with E-state index in [4.69, 9.17) is 0 Å². The fourth-order valence-corrected chi connectivity index (χ4v) is 4.45. The van der Waals surface area contributed by atoms with Crippen LogP contribution in [0, 0.1) is 0 Å². The van der Waals surface area contributed by atoms with Gasteiger partial charge in [0.25, 0.3) is 0 Å². The van der Waals surface area contributed by atoms with E-state index in [0.29, 0.717) is 30.6 Å². The molecule has 0 radical (unpaired) electrons. The quantitative estimate of drug-likeness (QED) is 0.599. The summed E-state index contributed by atoms with van der Waals surface area (Å²) in [5.74, 6) is 0.829. The maximum Gasteiger partial charge on any atom is 0.243 e. The molecule has 0 bridgehead atoms. The molecule has 0 unspecified atom stereocenters. The molecule has 1 saturated carbocycles. The Bertz CT molecular complexity index is 690. The predicted octanol–water partition coefficient (Wildman–Crippen LogP) is 2.08. The summed E-state index contributed by atoms with van der Waals surface area (Å²) in [6.07, 6.45) is 5.42. The van der Waals surface area contributed by atoms with Gasteiger partial charge in [0.05, 0.1) is 11.4 Å². The highest BCUT2D eigenvalue weighted by atomic mass is 32.2. The molecule has 1 aromatic rings. The first-order valence-corrected chi connectivity index (χ1v) is 10.7. The Balaban J connectivity index is 1.64. The molecule has 1 heterocycles. The summed E-state index contributed by atoms with van der Waals surface area (Å²) in [5, 5.41) is 6.62. The first-order chi connectivity index (χ1) is 12.1. The van der Waals surface area contributed by atoms with Crippen LogP contribution in [0.5, 0.6) is 0 Å². The number of aliphatic imine (C=N–C) groups is 1. The van der Waals surface area contributed by atoms with E-state index in [1.165, 1.54) is 12.8 Å². The highest BCUT2D eigenvalue weighted by molar-refractivity contribution is 7.89. The van der Waals surface area contributed by atoms with Crippen LogP contribution in [0.1, 0.15) is 44.6 Å². The molecule has 1 aliphatic carbocycles. The second kappa shape index (κ2) is 8.19. The molecule has 1 aromatic carbocycles. The van der Waals surface area contributed by atoms with Gasteiger partial charge in [-0.3, -0.25) is 0 Å². The third-order valence-corrected chi connectivity index (χ3v) is 6.47. The maximum absolute atomic E-state index is 12.7. The molecular formula is C18H28N4O2S. The maximum atomic E-state index is 12.7. The molecule has 25 heavy (non-hydrogen) atoms. The Kier molecular flexibility index (Phi) is 5.96. The zero-order valence-electron chi connectivity index (χ0n) is 14.9. The van der Waals surface area contributed by atoms with Crippen LogP contribution in [-0.2, 0) is 16.6 Å². The van der Waals surface area contributed by atoms with Crippen LogP contribution >= 0.6 is 0 Å². The second-order valence-electron chi connectivity index (χ2n) is 6.72. The second-order valence-corrected chi connectivity index (χ2v) is 8.66. The summed E-state index contributed by atoms with van der Waals surface area (Å²) in [6, 6.07) is 7.68. The van der Waals surface area contributed by atoms with Gasteiger partial charge in [-0.15, -0.1) is 0 Å². The summed E-state index contributed by atoms with van der Waals surface area (Å²) in [6.45, 7) is 4.67. The number of hydrogen-bond donors (Lipinski definition) is 2. The fourth-order valence-electron chi connectivity index (χ4n) is 2.93. The number of piperidine rings is 1. The van der Waals surface area contributed by atoms with Crippen molar-refractivity contribution in [1.82, 2.24) is 14.9 Å². The average molecular weight is 365 g/mol. The minimum atomic E-state index is -3.35. The summed E-state index contributed by atoms with van der Waals surface area (Å²) >= 11 is 0. The molecule has 0 amide bonds. The molecule has 7 heteroatoms. The molecule has 2 fully saturated rings. The van der Waals surface area contributed by atoms with Gasteiger partial charge in [-0.2, -0.15) is 4.31 Å². The lowest BCUT2D eigenvalue weighted by Gasteiger charge is -2.25. The van der Waals surface area contributed by atoms with Gasteiger partial charge in [0.2, 0.25) is 10.0 Å². The highest BCUT2D eigenvalue weighted by Crippen LogP contribution is 2.21. The van der Waals surface area contributed by atoms with Gasteiger partial charge in [0.1, 0.15) is 0 Å². The van der Waals surface area contributed by atoms with Crippen molar-refractivity contribution in [2.75, 3.05) is 19.6 Å². The molecule has 2 N–H and O–H groups in total. The Morgan fingerprint density at radius 1 is 1.16 bits per heavy atom. The summed E-state index contributed by atoms with van der Waals surface area (Å²) < 4.78 is 26.9. The van der Waals surface area contributed by atoms with Crippen LogP contribution in [-0.4, -0.2) is 44.4 Å². The van der Waals surface area contributed by atoms with Crippen molar-refractivity contribution in [1.29, 1.82) is 0 Å². The molecule has 0 atom stereocenters. The number of guanidine groups is 1. The van der Waals surface area contributed by atoms with Crippen LogP contribution in [0.4, 0.5) is 0 Å². The number of benzene rings is 1. The SMILES string of the molecule is CCNC(=NCc1ccc(S(=O)(=O)N2CCCCC2)cc1)NC1CC1. The Labute approximate surface area is 150 Å². The number of hydrogen-bond acceptors (Lipinski definition) is 3. The van der Waals surface area contributed by atoms with E-state index in [-0.39, 0.29) is 0 Å². The van der Waals surface area contributed by atoms with Crippen molar-refractivity contribution in [3.05, 3.63) is 29.8 Å². The van der Waals surface area contributed by atoms with E-state index in [1.54, 1.807) is 16.4 Å². The molecule has 1 aliphatic heterocycles. The average Bonchev–Trinajstić information content (AvgIpc) is 3.45. The lowest BCUT2D eigenvalue weighted by Crippen LogP contribution is -2.38. The minimum absolute atomic E-state index is 0.380. The topological polar surface area (TPSA) is 73.8 Å². The minimum Gasteiger partial charge on any atom is -0.357 e. The third kappa shape index (κ3) is 4.95. The third-order valence-electron chi connectivity index (χ3n) is 4.56. The Morgan fingerprint density at radius 2 is 1.84 bits per heavy atom. The summed E-state index contributed by atoms with van der Waals surface area (Å²) in [4.78, 5) is 4.96. The van der Waals surface area contributed by atoms with E-state index < -0.39 is 10.0 Å². The standard InChI is InChI=1S/C18H28N4O2S/c1-2-19-18(21-16-8-9-16)20-14-15-6-10-17(11-7-15)25(23,24)22-12-4-3-5-13-22/h6-7,10-11,16H,2-5,8-9,12-14H2,1H3,(H2,19,20,21). The van der Waals surface area contributed by atoms with E-state index in [1.807, 2.05) is 19.1 Å². The molecule has 0 spiro atoms. The van der Waals surface area contributed by atoms with E-state index >= 15 is 0 Å². The monoisotopic (exact) mass is 364 g/mol. The van der Waals surface area contributed by atoms with Gasteiger partial charge < -0.3 is 10.6 Å². The largest absolute Gasteiger partial charge is 0.357 e. The predicted molar refractivity (Wildman–Crippen MR) is 100 cm³/mol. The lowest BCUT2D eigenvalue weighted by molar-refractivity contribution is 0.346. The zero-order valence-corrected chi connectivity index (χ0v) is 15.7. The van der Waals surface area contributed by atoms with Crippen molar-refractivity contribution in [2.45, 2.75) is 56.5 Å². The van der Waals surface area contributed by atoms with Gasteiger partial charge in [-0.1, -0.05) is 18.6 Å². The van der Waals surface area contributed by atoms with Crippen molar-refractivity contribution >= 4 is 16.0 Å².